The fraction of sp³-hybridized carbons (Fsp3) is 0.208. The Bertz CT molecular complexity index is 1060. The van der Waals surface area contributed by atoms with Crippen molar-refractivity contribution >= 4 is 27.2 Å². The Morgan fingerprint density at radius 1 is 0.893 bits per heavy atom. The lowest BCUT2D eigenvalue weighted by Gasteiger charge is -2.18. The van der Waals surface area contributed by atoms with E-state index in [1.54, 1.807) is 11.3 Å². The number of nitrogens with zero attached hydrogens (tertiary/aromatic N) is 2. The second kappa shape index (κ2) is 8.13. The molecule has 0 fully saturated rings. The number of aromatic nitrogens is 1. The van der Waals surface area contributed by atoms with Crippen molar-refractivity contribution in [2.45, 2.75) is 20.4 Å². The molecule has 0 unspecified atom stereocenters. The first-order chi connectivity index (χ1) is 13.7. The van der Waals surface area contributed by atoms with Gasteiger partial charge in [0.1, 0.15) is 5.82 Å². The summed E-state index contributed by atoms with van der Waals surface area (Å²) in [5.74, 6) is 0.594. The third-order valence-corrected chi connectivity index (χ3v) is 6.29. The van der Waals surface area contributed by atoms with Crippen LogP contribution in [0.3, 0.4) is 0 Å². The van der Waals surface area contributed by atoms with Crippen molar-refractivity contribution < 1.29 is 0 Å². The van der Waals surface area contributed by atoms with Crippen LogP contribution in [0.1, 0.15) is 19.4 Å². The number of thiophene rings is 1. The van der Waals surface area contributed by atoms with Gasteiger partial charge in [0.05, 0.1) is 0 Å². The third kappa shape index (κ3) is 3.53. The molecule has 2 N–H and O–H groups in total. The highest BCUT2D eigenvalue weighted by Crippen LogP contribution is 2.41. The van der Waals surface area contributed by atoms with E-state index in [4.69, 9.17) is 5.73 Å². The Hall–Kier alpha value is -2.69. The number of rotatable bonds is 6. The van der Waals surface area contributed by atoms with Gasteiger partial charge in [0.25, 0.3) is 0 Å². The highest BCUT2D eigenvalue weighted by molar-refractivity contribution is 7.18. The summed E-state index contributed by atoms with van der Waals surface area (Å²) >= 11 is 1.74. The van der Waals surface area contributed by atoms with E-state index in [-0.39, 0.29) is 0 Å². The Balaban J connectivity index is 1.74. The molecule has 0 saturated carbocycles. The fourth-order valence-corrected chi connectivity index (χ4v) is 4.72. The lowest BCUT2D eigenvalue weighted by molar-refractivity contribution is 0.296. The number of hydrogen-bond acceptors (Lipinski definition) is 4. The van der Waals surface area contributed by atoms with E-state index in [1.165, 1.54) is 21.4 Å². The minimum absolute atomic E-state index is 0.594. The molecule has 2 aromatic carbocycles. The summed E-state index contributed by atoms with van der Waals surface area (Å²) in [5, 5.41) is 3.25. The van der Waals surface area contributed by atoms with Crippen LogP contribution in [0.25, 0.3) is 32.3 Å². The molecule has 0 bridgehead atoms. The van der Waals surface area contributed by atoms with Gasteiger partial charge >= 0.3 is 0 Å². The summed E-state index contributed by atoms with van der Waals surface area (Å²) in [6.45, 7) is 7.53. The SMILES string of the molecule is CCN(CC)Cc1ccc(-c2cnc(N)c3c(-c4ccccc4)csc23)cc1. The van der Waals surface area contributed by atoms with Gasteiger partial charge in [-0.2, -0.15) is 0 Å². The largest absolute Gasteiger partial charge is 0.383 e. The highest BCUT2D eigenvalue weighted by Gasteiger charge is 2.15. The molecule has 0 amide bonds. The summed E-state index contributed by atoms with van der Waals surface area (Å²) in [4.78, 5) is 6.94. The number of hydrogen-bond donors (Lipinski definition) is 1. The second-order valence-electron chi connectivity index (χ2n) is 6.93. The molecule has 142 valence electrons. The predicted molar refractivity (Wildman–Crippen MR) is 122 cm³/mol. The zero-order valence-electron chi connectivity index (χ0n) is 16.4. The van der Waals surface area contributed by atoms with Crippen LogP contribution in [0, 0.1) is 0 Å². The van der Waals surface area contributed by atoms with Gasteiger partial charge in [-0.3, -0.25) is 4.90 Å². The maximum atomic E-state index is 6.29. The normalized spacial score (nSPS) is 11.4. The van der Waals surface area contributed by atoms with Crippen LogP contribution in [0.15, 0.2) is 66.2 Å². The number of anilines is 1. The van der Waals surface area contributed by atoms with E-state index >= 15 is 0 Å². The molecule has 0 aliphatic heterocycles. The molecule has 3 nitrogen and oxygen atoms in total. The van der Waals surface area contributed by atoms with Crippen LogP contribution in [-0.4, -0.2) is 23.0 Å². The number of nitrogens with two attached hydrogens (primary N) is 1. The standard InChI is InChI=1S/C24H25N3S/c1-3-27(4-2)15-17-10-12-19(13-11-17)20-14-26-24(25)22-21(16-28-23(20)22)18-8-6-5-7-9-18/h5-14,16H,3-4,15H2,1-2H3,(H2,25,26). The van der Waals surface area contributed by atoms with Crippen LogP contribution in [0.5, 0.6) is 0 Å². The zero-order chi connectivity index (χ0) is 19.5. The van der Waals surface area contributed by atoms with Crippen molar-refractivity contribution in [2.24, 2.45) is 0 Å². The first kappa shape index (κ1) is 18.7. The van der Waals surface area contributed by atoms with Crippen molar-refractivity contribution in [3.63, 3.8) is 0 Å². The molecule has 4 rings (SSSR count). The Morgan fingerprint density at radius 3 is 2.25 bits per heavy atom. The molecule has 0 spiro atoms. The Morgan fingerprint density at radius 2 is 1.57 bits per heavy atom. The third-order valence-electron chi connectivity index (χ3n) is 5.27. The van der Waals surface area contributed by atoms with Crippen LogP contribution < -0.4 is 5.73 Å². The van der Waals surface area contributed by atoms with E-state index in [9.17, 15) is 0 Å². The van der Waals surface area contributed by atoms with Crippen molar-refractivity contribution in [1.29, 1.82) is 0 Å². The molecule has 2 aromatic heterocycles. The molecule has 4 aromatic rings. The van der Waals surface area contributed by atoms with E-state index in [2.05, 4.69) is 77.6 Å². The van der Waals surface area contributed by atoms with Crippen molar-refractivity contribution in [2.75, 3.05) is 18.8 Å². The summed E-state index contributed by atoms with van der Waals surface area (Å²) in [6.07, 6.45) is 1.91. The van der Waals surface area contributed by atoms with Crippen molar-refractivity contribution in [3.8, 4) is 22.3 Å². The number of fused-ring (bicyclic) bond motifs is 1. The predicted octanol–water partition coefficient (Wildman–Crippen LogP) is 6.05. The zero-order valence-corrected chi connectivity index (χ0v) is 17.2. The Labute approximate surface area is 170 Å². The molecular formula is C24H25N3S. The monoisotopic (exact) mass is 387 g/mol. The summed E-state index contributed by atoms with van der Waals surface area (Å²) in [6, 6.07) is 19.2. The first-order valence-electron chi connectivity index (χ1n) is 9.74. The van der Waals surface area contributed by atoms with E-state index in [0.717, 1.165) is 36.1 Å². The van der Waals surface area contributed by atoms with E-state index < -0.39 is 0 Å². The minimum Gasteiger partial charge on any atom is -0.383 e. The molecule has 28 heavy (non-hydrogen) atoms. The van der Waals surface area contributed by atoms with Crippen LogP contribution in [0.2, 0.25) is 0 Å². The molecule has 0 aliphatic carbocycles. The van der Waals surface area contributed by atoms with Gasteiger partial charge in [-0.15, -0.1) is 11.3 Å². The summed E-state index contributed by atoms with van der Waals surface area (Å²) < 4.78 is 1.20. The second-order valence-corrected chi connectivity index (χ2v) is 7.81. The minimum atomic E-state index is 0.594. The van der Waals surface area contributed by atoms with Gasteiger partial charge in [0, 0.05) is 34.0 Å². The number of pyridine rings is 1. The lowest BCUT2D eigenvalue weighted by atomic mass is 10.0. The molecular weight excluding hydrogens is 362 g/mol. The van der Waals surface area contributed by atoms with Crippen molar-refractivity contribution in [3.05, 3.63) is 71.7 Å². The van der Waals surface area contributed by atoms with Crippen LogP contribution >= 0.6 is 11.3 Å². The number of nitrogen functional groups attached to an aromatic ring is 1. The average molecular weight is 388 g/mol. The molecule has 0 aliphatic rings. The van der Waals surface area contributed by atoms with E-state index in [1.807, 2.05) is 12.3 Å². The summed E-state index contributed by atoms with van der Waals surface area (Å²) in [5.41, 5.74) is 12.3. The quantitative estimate of drug-likeness (QED) is 0.437. The van der Waals surface area contributed by atoms with Gasteiger partial charge < -0.3 is 5.73 Å². The van der Waals surface area contributed by atoms with Crippen LogP contribution in [0.4, 0.5) is 5.82 Å². The molecule has 0 saturated heterocycles. The summed E-state index contributed by atoms with van der Waals surface area (Å²) in [7, 11) is 0. The van der Waals surface area contributed by atoms with Crippen LogP contribution in [-0.2, 0) is 6.54 Å². The van der Waals surface area contributed by atoms with E-state index in [0.29, 0.717) is 5.82 Å². The van der Waals surface area contributed by atoms with Gasteiger partial charge in [-0.25, -0.2) is 4.98 Å². The maximum absolute atomic E-state index is 6.29. The molecule has 0 radical (unpaired) electrons. The smallest absolute Gasteiger partial charge is 0.132 e. The first-order valence-corrected chi connectivity index (χ1v) is 10.6. The van der Waals surface area contributed by atoms with Gasteiger partial charge in [0.2, 0.25) is 0 Å². The van der Waals surface area contributed by atoms with Gasteiger partial charge in [-0.1, -0.05) is 68.4 Å². The fourth-order valence-electron chi connectivity index (χ4n) is 3.60. The topological polar surface area (TPSA) is 42.2 Å². The maximum Gasteiger partial charge on any atom is 0.132 e. The lowest BCUT2D eigenvalue weighted by Crippen LogP contribution is -2.21. The Kier molecular flexibility index (Phi) is 5.42. The van der Waals surface area contributed by atoms with Crippen molar-refractivity contribution in [1.82, 2.24) is 9.88 Å². The average Bonchev–Trinajstić information content (AvgIpc) is 3.20. The molecule has 4 heteroatoms. The molecule has 0 atom stereocenters. The molecule has 2 heterocycles. The van der Waals surface area contributed by atoms with Gasteiger partial charge in [0.15, 0.2) is 0 Å². The highest BCUT2D eigenvalue weighted by atomic mass is 32.1. The van der Waals surface area contributed by atoms with Gasteiger partial charge in [-0.05, 0) is 35.2 Å². The number of benzene rings is 2.